The van der Waals surface area contributed by atoms with Gasteiger partial charge in [-0.15, -0.1) is 36.2 Å². The molecular formula is C19H30Cl2N4S. The van der Waals surface area contributed by atoms with Gasteiger partial charge in [-0.05, 0) is 70.9 Å². The number of nitrogens with zero attached hydrogens (tertiary/aromatic N) is 2. The number of piperidine rings is 1. The summed E-state index contributed by atoms with van der Waals surface area (Å²) in [6.07, 6.45) is 3.95. The SMILES string of the molecule is CNCCC1CCN(Cc2csc(Nc3ccc(C)cc3)n2)CC1.Cl.Cl. The zero-order valence-corrected chi connectivity index (χ0v) is 18.0. The van der Waals surface area contributed by atoms with Gasteiger partial charge in [-0.2, -0.15) is 0 Å². The van der Waals surface area contributed by atoms with Gasteiger partial charge in [0.15, 0.2) is 5.13 Å². The molecule has 3 rings (SSSR count). The largest absolute Gasteiger partial charge is 0.332 e. The molecule has 1 aromatic heterocycles. The zero-order valence-electron chi connectivity index (χ0n) is 15.5. The van der Waals surface area contributed by atoms with Crippen LogP contribution in [0.15, 0.2) is 29.6 Å². The molecular weight excluding hydrogens is 387 g/mol. The summed E-state index contributed by atoms with van der Waals surface area (Å²) in [5.41, 5.74) is 3.56. The van der Waals surface area contributed by atoms with E-state index in [4.69, 9.17) is 4.98 Å². The molecule has 4 nitrogen and oxygen atoms in total. The number of nitrogens with one attached hydrogen (secondary N) is 2. The van der Waals surface area contributed by atoms with E-state index in [2.05, 4.69) is 52.1 Å². The van der Waals surface area contributed by atoms with Gasteiger partial charge in [0.1, 0.15) is 0 Å². The minimum Gasteiger partial charge on any atom is -0.332 e. The smallest absolute Gasteiger partial charge is 0.187 e. The van der Waals surface area contributed by atoms with Crippen LogP contribution < -0.4 is 10.6 Å². The van der Waals surface area contributed by atoms with Gasteiger partial charge >= 0.3 is 0 Å². The van der Waals surface area contributed by atoms with Crippen LogP contribution >= 0.6 is 36.2 Å². The summed E-state index contributed by atoms with van der Waals surface area (Å²) in [6, 6.07) is 8.45. The average Bonchev–Trinajstić information content (AvgIpc) is 3.03. The molecule has 0 aliphatic carbocycles. The van der Waals surface area contributed by atoms with Gasteiger partial charge in [-0.3, -0.25) is 4.90 Å². The van der Waals surface area contributed by atoms with Gasteiger partial charge in [-0.1, -0.05) is 17.7 Å². The number of aryl methyl sites for hydroxylation is 1. The second-order valence-electron chi connectivity index (χ2n) is 6.75. The fourth-order valence-corrected chi connectivity index (χ4v) is 3.93. The molecule has 2 N–H and O–H groups in total. The van der Waals surface area contributed by atoms with Crippen molar-refractivity contribution in [1.82, 2.24) is 15.2 Å². The van der Waals surface area contributed by atoms with Crippen LogP contribution in [0, 0.1) is 12.8 Å². The van der Waals surface area contributed by atoms with Crippen molar-refractivity contribution in [2.75, 3.05) is 32.0 Å². The molecule has 2 aromatic rings. The van der Waals surface area contributed by atoms with Crippen LogP contribution in [0.1, 0.15) is 30.5 Å². The predicted octanol–water partition coefficient (Wildman–Crippen LogP) is 4.86. The van der Waals surface area contributed by atoms with E-state index >= 15 is 0 Å². The van der Waals surface area contributed by atoms with Gasteiger partial charge < -0.3 is 10.6 Å². The van der Waals surface area contributed by atoms with Crippen molar-refractivity contribution >= 4 is 47.0 Å². The standard InChI is InChI=1S/C19H28N4S.2ClH/c1-15-3-5-17(6-4-15)21-19-22-18(14-24-19)13-23-11-8-16(9-12-23)7-10-20-2;;/h3-6,14,16,20H,7-13H2,1-2H3,(H,21,22);2*1H. The Bertz CT molecular complexity index is 625. The molecule has 0 radical (unpaired) electrons. The number of rotatable bonds is 7. The molecule has 0 atom stereocenters. The first-order valence-electron chi connectivity index (χ1n) is 8.88. The highest BCUT2D eigenvalue weighted by Crippen LogP contribution is 2.24. The Morgan fingerprint density at radius 2 is 1.85 bits per heavy atom. The van der Waals surface area contributed by atoms with E-state index in [1.54, 1.807) is 11.3 Å². The van der Waals surface area contributed by atoms with Crippen LogP contribution in [-0.4, -0.2) is 36.6 Å². The summed E-state index contributed by atoms with van der Waals surface area (Å²) in [7, 11) is 2.04. The third-order valence-corrected chi connectivity index (χ3v) is 5.56. The maximum Gasteiger partial charge on any atom is 0.187 e. The van der Waals surface area contributed by atoms with Crippen LogP contribution in [0.25, 0.3) is 0 Å². The zero-order chi connectivity index (χ0) is 16.8. The molecule has 7 heteroatoms. The lowest BCUT2D eigenvalue weighted by atomic mass is 9.93. The first kappa shape index (κ1) is 23.2. The fourth-order valence-electron chi connectivity index (χ4n) is 3.21. The van der Waals surface area contributed by atoms with E-state index in [1.165, 1.54) is 43.6 Å². The van der Waals surface area contributed by atoms with Crippen molar-refractivity contribution < 1.29 is 0 Å². The number of aromatic nitrogens is 1. The van der Waals surface area contributed by atoms with Crippen molar-refractivity contribution in [3.63, 3.8) is 0 Å². The molecule has 0 saturated carbocycles. The third-order valence-electron chi connectivity index (χ3n) is 4.75. The van der Waals surface area contributed by atoms with Crippen LogP contribution in [-0.2, 0) is 6.54 Å². The Morgan fingerprint density at radius 3 is 2.50 bits per heavy atom. The Hall–Kier alpha value is -0.850. The molecule has 1 aliphatic rings. The van der Waals surface area contributed by atoms with Crippen molar-refractivity contribution in [2.24, 2.45) is 5.92 Å². The molecule has 0 amide bonds. The summed E-state index contributed by atoms with van der Waals surface area (Å²) < 4.78 is 0. The van der Waals surface area contributed by atoms with Crippen LogP contribution in [0.3, 0.4) is 0 Å². The Morgan fingerprint density at radius 1 is 1.15 bits per heavy atom. The Kier molecular flexibility index (Phi) is 10.5. The van der Waals surface area contributed by atoms with Gasteiger partial charge in [0.05, 0.1) is 5.69 Å². The Balaban J connectivity index is 0.00000169. The quantitative estimate of drug-likeness (QED) is 0.675. The minimum atomic E-state index is 0. The number of likely N-dealkylation sites (tertiary alicyclic amines) is 1. The Labute approximate surface area is 173 Å². The van der Waals surface area contributed by atoms with Crippen LogP contribution in [0.4, 0.5) is 10.8 Å². The number of halogens is 2. The lowest BCUT2D eigenvalue weighted by molar-refractivity contribution is 0.171. The van der Waals surface area contributed by atoms with Crippen molar-refractivity contribution in [1.29, 1.82) is 0 Å². The number of hydrogen-bond donors (Lipinski definition) is 2. The van der Waals surface area contributed by atoms with E-state index in [0.717, 1.165) is 29.8 Å². The molecule has 26 heavy (non-hydrogen) atoms. The van der Waals surface area contributed by atoms with Gasteiger partial charge in [0.2, 0.25) is 0 Å². The summed E-state index contributed by atoms with van der Waals surface area (Å²) in [5, 5.41) is 9.83. The first-order chi connectivity index (χ1) is 11.7. The van der Waals surface area contributed by atoms with E-state index in [0.29, 0.717) is 0 Å². The summed E-state index contributed by atoms with van der Waals surface area (Å²) in [4.78, 5) is 7.29. The maximum absolute atomic E-state index is 4.75. The number of hydrogen-bond acceptors (Lipinski definition) is 5. The highest BCUT2D eigenvalue weighted by atomic mass is 35.5. The van der Waals surface area contributed by atoms with Crippen molar-refractivity contribution in [3.05, 3.63) is 40.9 Å². The van der Waals surface area contributed by atoms with Gasteiger partial charge in [-0.25, -0.2) is 4.98 Å². The van der Waals surface area contributed by atoms with Crippen molar-refractivity contribution in [2.45, 2.75) is 32.7 Å². The number of anilines is 2. The molecule has 0 bridgehead atoms. The van der Waals surface area contributed by atoms with Crippen LogP contribution in [0.5, 0.6) is 0 Å². The average molecular weight is 417 g/mol. The normalized spacial score (nSPS) is 15.2. The monoisotopic (exact) mass is 416 g/mol. The lowest BCUT2D eigenvalue weighted by Crippen LogP contribution is -2.34. The molecule has 1 aliphatic heterocycles. The van der Waals surface area contributed by atoms with Gasteiger partial charge in [0.25, 0.3) is 0 Å². The highest BCUT2D eigenvalue weighted by molar-refractivity contribution is 7.13. The summed E-state index contributed by atoms with van der Waals surface area (Å²) in [5.74, 6) is 0.892. The highest BCUT2D eigenvalue weighted by Gasteiger charge is 2.19. The predicted molar refractivity (Wildman–Crippen MR) is 118 cm³/mol. The molecule has 2 heterocycles. The second-order valence-corrected chi connectivity index (χ2v) is 7.60. The minimum absolute atomic E-state index is 0. The summed E-state index contributed by atoms with van der Waals surface area (Å²) >= 11 is 1.69. The number of benzene rings is 1. The molecule has 0 unspecified atom stereocenters. The van der Waals surface area contributed by atoms with E-state index in [-0.39, 0.29) is 24.8 Å². The molecule has 146 valence electrons. The molecule has 0 spiro atoms. The fraction of sp³-hybridized carbons (Fsp3) is 0.526. The van der Waals surface area contributed by atoms with E-state index in [1.807, 2.05) is 7.05 Å². The number of thiazole rings is 1. The van der Waals surface area contributed by atoms with Crippen LogP contribution in [0.2, 0.25) is 0 Å². The first-order valence-corrected chi connectivity index (χ1v) is 9.76. The van der Waals surface area contributed by atoms with E-state index < -0.39 is 0 Å². The molecule has 1 fully saturated rings. The summed E-state index contributed by atoms with van der Waals surface area (Å²) in [6.45, 7) is 6.63. The van der Waals surface area contributed by atoms with Gasteiger partial charge in [0, 0.05) is 17.6 Å². The second kappa shape index (κ2) is 11.8. The molecule has 1 saturated heterocycles. The lowest BCUT2D eigenvalue weighted by Gasteiger charge is -2.31. The van der Waals surface area contributed by atoms with E-state index in [9.17, 15) is 0 Å². The van der Waals surface area contributed by atoms with Crippen molar-refractivity contribution in [3.8, 4) is 0 Å². The topological polar surface area (TPSA) is 40.2 Å². The molecule has 1 aromatic carbocycles. The third kappa shape index (κ3) is 7.05. The maximum atomic E-state index is 4.75.